The zero-order valence-corrected chi connectivity index (χ0v) is 11.5. The van der Waals surface area contributed by atoms with E-state index in [1.807, 2.05) is 20.9 Å². The molecule has 0 fully saturated rings. The number of ether oxygens (including phenoxy) is 1. The van der Waals surface area contributed by atoms with Gasteiger partial charge in [-0.1, -0.05) is 13.8 Å². The second-order valence-corrected chi connectivity index (χ2v) is 5.09. The van der Waals surface area contributed by atoms with Gasteiger partial charge in [0.05, 0.1) is 5.69 Å². The van der Waals surface area contributed by atoms with Gasteiger partial charge in [-0.15, -0.1) is 4.37 Å². The Balaban J connectivity index is 2.25. The van der Waals surface area contributed by atoms with Crippen LogP contribution in [0.1, 0.15) is 36.0 Å². The first-order valence-corrected chi connectivity index (χ1v) is 6.28. The molecule has 0 unspecified atom stereocenters. The minimum absolute atomic E-state index is 0.374. The first-order valence-electron chi connectivity index (χ1n) is 5.50. The molecule has 0 spiro atoms. The van der Waals surface area contributed by atoms with Crippen LogP contribution in [-0.2, 0) is 7.05 Å². The summed E-state index contributed by atoms with van der Waals surface area (Å²) >= 11 is 1.38. The summed E-state index contributed by atoms with van der Waals surface area (Å²) < 4.78 is 11.6. The fourth-order valence-electron chi connectivity index (χ4n) is 1.47. The van der Waals surface area contributed by atoms with Crippen molar-refractivity contribution in [1.82, 2.24) is 19.1 Å². The van der Waals surface area contributed by atoms with Crippen molar-refractivity contribution in [2.75, 3.05) is 0 Å². The lowest BCUT2D eigenvalue weighted by atomic mass is 10.2. The molecule has 0 bridgehead atoms. The lowest BCUT2D eigenvalue weighted by Crippen LogP contribution is -1.97. The Labute approximate surface area is 105 Å². The van der Waals surface area contributed by atoms with Gasteiger partial charge in [-0.05, 0) is 25.4 Å². The van der Waals surface area contributed by atoms with Crippen molar-refractivity contribution >= 4 is 11.5 Å². The highest BCUT2D eigenvalue weighted by atomic mass is 32.1. The van der Waals surface area contributed by atoms with Gasteiger partial charge in [0.15, 0.2) is 0 Å². The van der Waals surface area contributed by atoms with E-state index in [0.29, 0.717) is 17.8 Å². The lowest BCUT2D eigenvalue weighted by Gasteiger charge is -2.02. The van der Waals surface area contributed by atoms with Crippen LogP contribution < -0.4 is 4.74 Å². The van der Waals surface area contributed by atoms with Crippen LogP contribution in [0.15, 0.2) is 0 Å². The van der Waals surface area contributed by atoms with E-state index in [0.717, 1.165) is 16.3 Å². The highest BCUT2D eigenvalue weighted by Crippen LogP contribution is 2.27. The Morgan fingerprint density at radius 3 is 2.47 bits per heavy atom. The van der Waals surface area contributed by atoms with Gasteiger partial charge in [-0.2, -0.15) is 10.1 Å². The van der Waals surface area contributed by atoms with Crippen LogP contribution in [0.5, 0.6) is 11.9 Å². The van der Waals surface area contributed by atoms with Crippen molar-refractivity contribution in [3.05, 3.63) is 16.3 Å². The van der Waals surface area contributed by atoms with Gasteiger partial charge in [0.25, 0.3) is 0 Å². The standard InChI is InChI=1S/C11H16N4OS/c1-6(2)9-12-11(14-17-9)16-10-7(3)8(4)13-15(10)5/h6H,1-5H3. The summed E-state index contributed by atoms with van der Waals surface area (Å²) in [5.41, 5.74) is 1.98. The first-order chi connectivity index (χ1) is 7.99. The molecular formula is C11H16N4OS. The molecule has 0 atom stereocenters. The van der Waals surface area contributed by atoms with E-state index in [9.17, 15) is 0 Å². The fraction of sp³-hybridized carbons (Fsp3) is 0.545. The van der Waals surface area contributed by atoms with Gasteiger partial charge >= 0.3 is 6.01 Å². The minimum atomic E-state index is 0.374. The lowest BCUT2D eigenvalue weighted by molar-refractivity contribution is 0.401. The Hall–Kier alpha value is -1.43. The van der Waals surface area contributed by atoms with Crippen molar-refractivity contribution < 1.29 is 4.74 Å². The zero-order valence-electron chi connectivity index (χ0n) is 10.7. The third-order valence-electron chi connectivity index (χ3n) is 2.56. The number of hydrogen-bond donors (Lipinski definition) is 0. The molecule has 0 saturated heterocycles. The van der Waals surface area contributed by atoms with Crippen molar-refractivity contribution in [1.29, 1.82) is 0 Å². The summed E-state index contributed by atoms with van der Waals surface area (Å²) in [7, 11) is 1.85. The highest BCUT2D eigenvalue weighted by Gasteiger charge is 2.15. The maximum Gasteiger partial charge on any atom is 0.335 e. The minimum Gasteiger partial charge on any atom is -0.405 e. The zero-order chi connectivity index (χ0) is 12.6. The second-order valence-electron chi connectivity index (χ2n) is 4.31. The molecule has 0 saturated carbocycles. The summed E-state index contributed by atoms with van der Waals surface area (Å²) in [6.07, 6.45) is 0. The first kappa shape index (κ1) is 12.0. The van der Waals surface area contributed by atoms with Crippen LogP contribution in [0.4, 0.5) is 0 Å². The third kappa shape index (κ3) is 2.31. The smallest absolute Gasteiger partial charge is 0.335 e. The summed E-state index contributed by atoms with van der Waals surface area (Å²) in [6, 6.07) is 0.407. The quantitative estimate of drug-likeness (QED) is 0.843. The van der Waals surface area contributed by atoms with Gasteiger partial charge in [0.2, 0.25) is 5.88 Å². The summed E-state index contributed by atoms with van der Waals surface area (Å²) in [6.45, 7) is 8.11. The topological polar surface area (TPSA) is 52.8 Å². The van der Waals surface area contributed by atoms with E-state index < -0.39 is 0 Å². The van der Waals surface area contributed by atoms with Crippen LogP contribution >= 0.6 is 11.5 Å². The van der Waals surface area contributed by atoms with Gasteiger partial charge in [-0.3, -0.25) is 0 Å². The molecule has 0 aromatic carbocycles. The van der Waals surface area contributed by atoms with Crippen LogP contribution in [-0.4, -0.2) is 19.1 Å². The number of aromatic nitrogens is 4. The molecule has 2 aromatic heterocycles. The molecule has 92 valence electrons. The van der Waals surface area contributed by atoms with E-state index in [1.165, 1.54) is 11.5 Å². The molecule has 0 aliphatic rings. The van der Waals surface area contributed by atoms with Gasteiger partial charge in [0.1, 0.15) is 5.01 Å². The monoisotopic (exact) mass is 252 g/mol. The van der Waals surface area contributed by atoms with E-state index in [1.54, 1.807) is 4.68 Å². The van der Waals surface area contributed by atoms with Crippen LogP contribution in [0.25, 0.3) is 0 Å². The normalized spacial score (nSPS) is 11.2. The van der Waals surface area contributed by atoms with E-state index in [4.69, 9.17) is 4.74 Å². The van der Waals surface area contributed by atoms with Crippen molar-refractivity contribution in [3.8, 4) is 11.9 Å². The largest absolute Gasteiger partial charge is 0.405 e. The molecule has 2 aromatic rings. The van der Waals surface area contributed by atoms with Gasteiger partial charge in [-0.25, -0.2) is 4.68 Å². The average molecular weight is 252 g/mol. The third-order valence-corrected chi connectivity index (χ3v) is 3.56. The Bertz CT molecular complexity index is 530. The Morgan fingerprint density at radius 1 is 1.29 bits per heavy atom. The molecule has 0 N–H and O–H groups in total. The molecule has 17 heavy (non-hydrogen) atoms. The van der Waals surface area contributed by atoms with Crippen molar-refractivity contribution in [2.24, 2.45) is 7.05 Å². The molecular weight excluding hydrogens is 236 g/mol. The summed E-state index contributed by atoms with van der Waals surface area (Å²) in [5, 5.41) is 5.27. The molecule has 5 nitrogen and oxygen atoms in total. The molecule has 2 heterocycles. The van der Waals surface area contributed by atoms with Crippen LogP contribution in [0.2, 0.25) is 0 Å². The predicted molar refractivity (Wildman–Crippen MR) is 66.8 cm³/mol. The number of hydrogen-bond acceptors (Lipinski definition) is 5. The Morgan fingerprint density at radius 2 is 2.00 bits per heavy atom. The van der Waals surface area contributed by atoms with Crippen molar-refractivity contribution in [2.45, 2.75) is 33.6 Å². The van der Waals surface area contributed by atoms with Crippen LogP contribution in [0, 0.1) is 13.8 Å². The molecule has 0 aliphatic carbocycles. The predicted octanol–water partition coefficient (Wildman–Crippen LogP) is 2.80. The fourth-order valence-corrected chi connectivity index (χ4v) is 2.05. The van der Waals surface area contributed by atoms with Gasteiger partial charge in [0, 0.05) is 18.5 Å². The molecule has 2 rings (SSSR count). The molecule has 0 radical (unpaired) electrons. The maximum atomic E-state index is 5.68. The molecule has 0 aliphatic heterocycles. The SMILES string of the molecule is Cc1nn(C)c(Oc2nsc(C(C)C)n2)c1C. The van der Waals surface area contributed by atoms with E-state index in [2.05, 4.69) is 28.3 Å². The van der Waals surface area contributed by atoms with Gasteiger partial charge < -0.3 is 4.74 Å². The maximum absolute atomic E-state index is 5.68. The number of nitrogens with zero attached hydrogens (tertiary/aromatic N) is 4. The number of aryl methyl sites for hydroxylation is 2. The summed E-state index contributed by atoms with van der Waals surface area (Å²) in [5.74, 6) is 1.08. The summed E-state index contributed by atoms with van der Waals surface area (Å²) in [4.78, 5) is 4.34. The molecule has 6 heteroatoms. The van der Waals surface area contributed by atoms with Crippen molar-refractivity contribution in [3.63, 3.8) is 0 Å². The average Bonchev–Trinajstić information content (AvgIpc) is 2.80. The van der Waals surface area contributed by atoms with E-state index in [-0.39, 0.29) is 0 Å². The highest BCUT2D eigenvalue weighted by molar-refractivity contribution is 7.05. The Kier molecular flexibility index (Phi) is 3.15. The molecule has 0 amide bonds. The van der Waals surface area contributed by atoms with E-state index >= 15 is 0 Å². The number of rotatable bonds is 3. The van der Waals surface area contributed by atoms with Crippen LogP contribution in [0.3, 0.4) is 0 Å². The second kappa shape index (κ2) is 4.44.